The molecule has 1 N–H and O–H groups in total. The lowest BCUT2D eigenvalue weighted by Gasteiger charge is -2.15. The minimum Gasteiger partial charge on any atom is -0.361 e. The van der Waals surface area contributed by atoms with E-state index in [0.29, 0.717) is 6.54 Å². The molecule has 0 fully saturated rings. The number of fused-ring (bicyclic) bond motifs is 1. The Bertz CT molecular complexity index is 646. The molecule has 0 unspecified atom stereocenters. The third kappa shape index (κ3) is 4.08. The van der Waals surface area contributed by atoms with Crippen LogP contribution in [0.1, 0.15) is 5.56 Å². The van der Waals surface area contributed by atoms with Gasteiger partial charge in [0.1, 0.15) is 9.84 Å². The second-order valence-corrected chi connectivity index (χ2v) is 7.30. The van der Waals surface area contributed by atoms with E-state index >= 15 is 0 Å². The zero-order valence-electron chi connectivity index (χ0n) is 11.4. The zero-order valence-corrected chi connectivity index (χ0v) is 12.2. The van der Waals surface area contributed by atoms with E-state index in [1.54, 1.807) is 0 Å². The fraction of sp³-hybridized carbons (Fsp3) is 0.429. The summed E-state index contributed by atoms with van der Waals surface area (Å²) in [5.41, 5.74) is 2.43. The third-order valence-corrected chi connectivity index (χ3v) is 4.21. The number of sulfone groups is 1. The van der Waals surface area contributed by atoms with Crippen molar-refractivity contribution in [2.45, 2.75) is 6.42 Å². The molecule has 2 rings (SSSR count). The molecule has 1 aromatic carbocycles. The van der Waals surface area contributed by atoms with E-state index < -0.39 is 9.84 Å². The standard InChI is InChI=1S/C14H20N2O2S/c1-16(9-10-19(2,17)18)8-7-12-11-15-14-6-4-3-5-13(12)14/h3-6,11,15H,7-10H2,1-2H3. The topological polar surface area (TPSA) is 53.2 Å². The maximum absolute atomic E-state index is 11.1. The molecule has 0 bridgehead atoms. The molecule has 0 aliphatic heterocycles. The molecule has 0 saturated heterocycles. The third-order valence-electron chi connectivity index (χ3n) is 3.28. The van der Waals surface area contributed by atoms with Gasteiger partial charge < -0.3 is 9.88 Å². The van der Waals surface area contributed by atoms with Crippen LogP contribution in [-0.2, 0) is 16.3 Å². The summed E-state index contributed by atoms with van der Waals surface area (Å²) < 4.78 is 22.2. The summed E-state index contributed by atoms with van der Waals surface area (Å²) in [6, 6.07) is 8.22. The number of nitrogens with one attached hydrogen (secondary N) is 1. The second kappa shape index (κ2) is 5.75. The second-order valence-electron chi connectivity index (χ2n) is 5.04. The first kappa shape index (κ1) is 14.1. The van der Waals surface area contributed by atoms with Gasteiger partial charge in [-0.1, -0.05) is 18.2 Å². The smallest absolute Gasteiger partial charge is 0.148 e. The van der Waals surface area contributed by atoms with Gasteiger partial charge in [-0.3, -0.25) is 0 Å². The molecule has 2 aromatic rings. The van der Waals surface area contributed by atoms with Crippen molar-refractivity contribution in [3.8, 4) is 0 Å². The molecular weight excluding hydrogens is 260 g/mol. The van der Waals surface area contributed by atoms with E-state index in [4.69, 9.17) is 0 Å². The first-order valence-corrected chi connectivity index (χ1v) is 8.43. The van der Waals surface area contributed by atoms with Crippen molar-refractivity contribution in [2.75, 3.05) is 32.1 Å². The molecule has 0 amide bonds. The number of aromatic nitrogens is 1. The normalized spacial score (nSPS) is 12.4. The van der Waals surface area contributed by atoms with Crippen molar-refractivity contribution in [1.29, 1.82) is 0 Å². The van der Waals surface area contributed by atoms with Crippen LogP contribution < -0.4 is 0 Å². The monoisotopic (exact) mass is 280 g/mol. The highest BCUT2D eigenvalue weighted by molar-refractivity contribution is 7.90. The van der Waals surface area contributed by atoms with Crippen LogP contribution in [0.25, 0.3) is 10.9 Å². The van der Waals surface area contributed by atoms with E-state index in [1.807, 2.05) is 25.4 Å². The molecule has 5 heteroatoms. The minimum absolute atomic E-state index is 0.220. The number of H-pyrrole nitrogens is 1. The molecule has 4 nitrogen and oxygen atoms in total. The highest BCUT2D eigenvalue weighted by Gasteiger charge is 2.07. The fourth-order valence-corrected chi connectivity index (χ4v) is 2.73. The largest absolute Gasteiger partial charge is 0.361 e. The lowest BCUT2D eigenvalue weighted by atomic mass is 10.1. The molecule has 0 aliphatic rings. The molecule has 0 saturated carbocycles. The maximum atomic E-state index is 11.1. The molecule has 0 spiro atoms. The highest BCUT2D eigenvalue weighted by atomic mass is 32.2. The van der Waals surface area contributed by atoms with Crippen molar-refractivity contribution in [2.24, 2.45) is 0 Å². The molecule has 0 aliphatic carbocycles. The number of hydrogen-bond donors (Lipinski definition) is 1. The minimum atomic E-state index is -2.87. The van der Waals surface area contributed by atoms with E-state index in [2.05, 4.69) is 22.0 Å². The Kier molecular flexibility index (Phi) is 4.27. The van der Waals surface area contributed by atoms with E-state index in [0.717, 1.165) is 18.5 Å². The Morgan fingerprint density at radius 2 is 1.95 bits per heavy atom. The van der Waals surface area contributed by atoms with E-state index in [9.17, 15) is 8.42 Å². The summed E-state index contributed by atoms with van der Waals surface area (Å²) >= 11 is 0. The average Bonchev–Trinajstić information content (AvgIpc) is 2.76. The van der Waals surface area contributed by atoms with Crippen LogP contribution in [0.4, 0.5) is 0 Å². The predicted molar refractivity (Wildman–Crippen MR) is 79.2 cm³/mol. The van der Waals surface area contributed by atoms with Crippen LogP contribution >= 0.6 is 0 Å². The van der Waals surface area contributed by atoms with Gasteiger partial charge >= 0.3 is 0 Å². The Morgan fingerprint density at radius 1 is 1.21 bits per heavy atom. The first-order valence-electron chi connectivity index (χ1n) is 6.37. The van der Waals surface area contributed by atoms with Crippen LogP contribution in [0, 0.1) is 0 Å². The molecule has 1 aromatic heterocycles. The Labute approximate surface area is 114 Å². The predicted octanol–water partition coefficient (Wildman–Crippen LogP) is 1.69. The van der Waals surface area contributed by atoms with E-state index in [-0.39, 0.29) is 5.75 Å². The number of aromatic amines is 1. The average molecular weight is 280 g/mol. The van der Waals surface area contributed by atoms with Gasteiger partial charge in [-0.2, -0.15) is 0 Å². The van der Waals surface area contributed by atoms with Gasteiger partial charge in [0.05, 0.1) is 5.75 Å². The van der Waals surface area contributed by atoms with Crippen molar-refractivity contribution in [3.05, 3.63) is 36.0 Å². The van der Waals surface area contributed by atoms with Crippen molar-refractivity contribution >= 4 is 20.7 Å². The summed E-state index contributed by atoms with van der Waals surface area (Å²) in [5, 5.41) is 1.25. The summed E-state index contributed by atoms with van der Waals surface area (Å²) in [4.78, 5) is 5.31. The maximum Gasteiger partial charge on any atom is 0.148 e. The molecule has 0 atom stereocenters. The lowest BCUT2D eigenvalue weighted by Crippen LogP contribution is -2.27. The number of likely N-dealkylation sites (N-methyl/N-ethyl adjacent to an activating group) is 1. The molecular formula is C14H20N2O2S. The lowest BCUT2D eigenvalue weighted by molar-refractivity contribution is 0.358. The van der Waals surface area contributed by atoms with Crippen molar-refractivity contribution < 1.29 is 8.42 Å². The number of hydrogen-bond acceptors (Lipinski definition) is 3. The van der Waals surface area contributed by atoms with Crippen LogP contribution in [0.15, 0.2) is 30.5 Å². The van der Waals surface area contributed by atoms with Crippen LogP contribution in [0.5, 0.6) is 0 Å². The number of benzene rings is 1. The van der Waals surface area contributed by atoms with Crippen molar-refractivity contribution in [1.82, 2.24) is 9.88 Å². The van der Waals surface area contributed by atoms with Gasteiger partial charge in [0, 0.05) is 36.4 Å². The van der Waals surface area contributed by atoms with Gasteiger partial charge in [0.2, 0.25) is 0 Å². The van der Waals surface area contributed by atoms with Crippen LogP contribution in [0.2, 0.25) is 0 Å². The summed E-state index contributed by atoms with van der Waals surface area (Å²) in [5.74, 6) is 0.220. The number of nitrogens with zero attached hydrogens (tertiary/aromatic N) is 1. The Balaban J connectivity index is 1.92. The zero-order chi connectivity index (χ0) is 13.9. The fourth-order valence-electron chi connectivity index (χ4n) is 2.08. The van der Waals surface area contributed by atoms with Crippen LogP contribution in [0.3, 0.4) is 0 Å². The summed E-state index contributed by atoms with van der Waals surface area (Å²) in [6.45, 7) is 1.44. The Hall–Kier alpha value is -1.33. The van der Waals surface area contributed by atoms with Gasteiger partial charge in [-0.05, 0) is 25.1 Å². The van der Waals surface area contributed by atoms with Crippen LogP contribution in [-0.4, -0.2) is 50.4 Å². The number of rotatable bonds is 6. The molecule has 104 valence electrons. The first-order chi connectivity index (χ1) is 8.96. The van der Waals surface area contributed by atoms with Gasteiger partial charge in [-0.25, -0.2) is 8.42 Å². The Morgan fingerprint density at radius 3 is 2.68 bits per heavy atom. The van der Waals surface area contributed by atoms with Gasteiger partial charge in [0.15, 0.2) is 0 Å². The summed E-state index contributed by atoms with van der Waals surface area (Å²) in [7, 11) is -0.915. The molecule has 19 heavy (non-hydrogen) atoms. The van der Waals surface area contributed by atoms with Gasteiger partial charge in [0.25, 0.3) is 0 Å². The molecule has 1 heterocycles. The highest BCUT2D eigenvalue weighted by Crippen LogP contribution is 2.18. The van der Waals surface area contributed by atoms with Gasteiger partial charge in [-0.15, -0.1) is 0 Å². The van der Waals surface area contributed by atoms with Crippen molar-refractivity contribution in [3.63, 3.8) is 0 Å². The van der Waals surface area contributed by atoms with E-state index in [1.165, 1.54) is 17.2 Å². The number of para-hydroxylation sites is 1. The SMILES string of the molecule is CN(CCc1c[nH]c2ccccc12)CCS(C)(=O)=O. The summed E-state index contributed by atoms with van der Waals surface area (Å²) in [6.07, 6.45) is 4.24. The quantitative estimate of drug-likeness (QED) is 0.876. The molecule has 0 radical (unpaired) electrons.